The van der Waals surface area contributed by atoms with Gasteiger partial charge in [0, 0.05) is 50.1 Å². The first kappa shape index (κ1) is 19.3. The van der Waals surface area contributed by atoms with Crippen LogP contribution < -0.4 is 5.32 Å². The molecule has 1 fully saturated rings. The number of halogens is 1. The quantitative estimate of drug-likeness (QED) is 0.567. The Morgan fingerprint density at radius 3 is 2.88 bits per heavy atom. The maximum Gasteiger partial charge on any atom is 0.194 e. The lowest BCUT2D eigenvalue weighted by molar-refractivity contribution is 0.326. The highest BCUT2D eigenvalue weighted by Gasteiger charge is 2.21. The molecule has 2 heterocycles. The van der Waals surface area contributed by atoms with E-state index in [1.54, 1.807) is 0 Å². The van der Waals surface area contributed by atoms with Crippen LogP contribution in [0.15, 0.2) is 21.7 Å². The fourth-order valence-corrected chi connectivity index (χ4v) is 3.88. The molecule has 136 valence electrons. The molecule has 5 nitrogen and oxygen atoms in total. The topological polar surface area (TPSA) is 35.8 Å². The summed E-state index contributed by atoms with van der Waals surface area (Å²) in [6.07, 6.45) is 4.61. The fraction of sp³-hybridized carbons (Fsp3) is 0.722. The molecule has 24 heavy (non-hydrogen) atoms. The third kappa shape index (κ3) is 5.52. The van der Waals surface area contributed by atoms with E-state index in [4.69, 9.17) is 4.99 Å². The number of hydrogen-bond acceptors (Lipinski definition) is 2. The molecule has 1 N–H and O–H groups in total. The van der Waals surface area contributed by atoms with Crippen LogP contribution in [0.1, 0.15) is 32.4 Å². The molecule has 0 aliphatic carbocycles. The Morgan fingerprint density at radius 1 is 1.46 bits per heavy atom. The number of nitrogens with zero attached hydrogens (tertiary/aromatic N) is 4. The summed E-state index contributed by atoms with van der Waals surface area (Å²) in [5, 5.41) is 3.43. The number of nitrogens with one attached hydrogen (secondary N) is 1. The van der Waals surface area contributed by atoms with Gasteiger partial charge in [-0.05, 0) is 60.8 Å². The van der Waals surface area contributed by atoms with Gasteiger partial charge in [0.2, 0.25) is 0 Å². The van der Waals surface area contributed by atoms with Gasteiger partial charge < -0.3 is 19.7 Å². The zero-order chi connectivity index (χ0) is 17.5. The average molecular weight is 398 g/mol. The lowest BCUT2D eigenvalue weighted by atomic mass is 10.1. The lowest BCUT2D eigenvalue weighted by Gasteiger charge is -2.23. The van der Waals surface area contributed by atoms with Crippen molar-refractivity contribution in [1.82, 2.24) is 19.7 Å². The fourth-order valence-electron chi connectivity index (χ4n) is 3.31. The molecule has 1 unspecified atom stereocenters. The van der Waals surface area contributed by atoms with E-state index in [9.17, 15) is 0 Å². The normalized spacial score (nSPS) is 19.0. The standard InChI is InChI=1S/C18H32BrN5/c1-5-8-24-9-7-15(12-24)11-21-18(20-6-2)23(4)14-17-10-16(19)13-22(17)3/h10,13,15H,5-9,11-12,14H2,1-4H3,(H,20,21). The summed E-state index contributed by atoms with van der Waals surface area (Å²) in [4.78, 5) is 9.69. The maximum atomic E-state index is 4.91. The molecular weight excluding hydrogens is 366 g/mol. The van der Waals surface area contributed by atoms with Gasteiger partial charge in [0.15, 0.2) is 5.96 Å². The average Bonchev–Trinajstić information content (AvgIpc) is 3.10. The highest BCUT2D eigenvalue weighted by Crippen LogP contribution is 2.17. The molecular formula is C18H32BrN5. The third-order valence-corrected chi connectivity index (χ3v) is 5.01. The molecule has 2 rings (SSSR count). The van der Waals surface area contributed by atoms with Gasteiger partial charge in [0.25, 0.3) is 0 Å². The molecule has 1 aliphatic heterocycles. The van der Waals surface area contributed by atoms with Crippen molar-refractivity contribution >= 4 is 21.9 Å². The largest absolute Gasteiger partial charge is 0.357 e. The zero-order valence-electron chi connectivity index (χ0n) is 15.6. The maximum absolute atomic E-state index is 4.91. The second-order valence-electron chi connectivity index (χ2n) is 6.77. The SMILES string of the molecule is CCCN1CCC(CN=C(NCC)N(C)Cc2cc(Br)cn2C)C1. The van der Waals surface area contributed by atoms with Gasteiger partial charge in [0.1, 0.15) is 0 Å². The van der Waals surface area contributed by atoms with Crippen LogP contribution in [0.4, 0.5) is 0 Å². The van der Waals surface area contributed by atoms with E-state index in [0.29, 0.717) is 5.92 Å². The van der Waals surface area contributed by atoms with Gasteiger partial charge in [-0.1, -0.05) is 6.92 Å². The van der Waals surface area contributed by atoms with Crippen molar-refractivity contribution in [2.24, 2.45) is 18.0 Å². The summed E-state index contributed by atoms with van der Waals surface area (Å²) in [6, 6.07) is 2.17. The van der Waals surface area contributed by atoms with Crippen molar-refractivity contribution < 1.29 is 0 Å². The monoisotopic (exact) mass is 397 g/mol. The van der Waals surface area contributed by atoms with Gasteiger partial charge in [-0.25, -0.2) is 0 Å². The Bertz CT molecular complexity index is 540. The van der Waals surface area contributed by atoms with E-state index in [1.165, 1.54) is 38.2 Å². The van der Waals surface area contributed by atoms with Crippen molar-refractivity contribution in [3.8, 4) is 0 Å². The number of aromatic nitrogens is 1. The first-order chi connectivity index (χ1) is 11.5. The summed E-state index contributed by atoms with van der Waals surface area (Å²) in [7, 11) is 4.19. The van der Waals surface area contributed by atoms with Crippen LogP contribution in [-0.2, 0) is 13.6 Å². The Morgan fingerprint density at radius 2 is 2.25 bits per heavy atom. The lowest BCUT2D eigenvalue weighted by Crippen LogP contribution is -2.39. The summed E-state index contributed by atoms with van der Waals surface area (Å²) in [5.74, 6) is 1.70. The van der Waals surface area contributed by atoms with Crippen LogP contribution >= 0.6 is 15.9 Å². The van der Waals surface area contributed by atoms with Gasteiger partial charge in [-0.3, -0.25) is 4.99 Å². The number of likely N-dealkylation sites (tertiary alicyclic amines) is 1. The summed E-state index contributed by atoms with van der Waals surface area (Å²) in [5.41, 5.74) is 1.27. The molecule has 0 radical (unpaired) electrons. The van der Waals surface area contributed by atoms with E-state index < -0.39 is 0 Å². The smallest absolute Gasteiger partial charge is 0.194 e. The van der Waals surface area contributed by atoms with E-state index in [-0.39, 0.29) is 0 Å². The highest BCUT2D eigenvalue weighted by molar-refractivity contribution is 9.10. The predicted octanol–water partition coefficient (Wildman–Crippen LogP) is 2.92. The van der Waals surface area contributed by atoms with Crippen molar-refractivity contribution in [3.05, 3.63) is 22.4 Å². The number of aryl methyl sites for hydroxylation is 1. The number of hydrogen-bond donors (Lipinski definition) is 1. The predicted molar refractivity (Wildman–Crippen MR) is 105 cm³/mol. The molecule has 0 spiro atoms. The molecule has 0 saturated carbocycles. The van der Waals surface area contributed by atoms with Gasteiger partial charge in [-0.2, -0.15) is 0 Å². The third-order valence-electron chi connectivity index (χ3n) is 4.58. The number of rotatable bonds is 7. The van der Waals surface area contributed by atoms with Crippen molar-refractivity contribution in [1.29, 1.82) is 0 Å². The summed E-state index contributed by atoms with van der Waals surface area (Å²) < 4.78 is 3.28. The molecule has 0 aromatic carbocycles. The minimum Gasteiger partial charge on any atom is -0.357 e. The minimum atomic E-state index is 0.697. The summed E-state index contributed by atoms with van der Waals surface area (Å²) in [6.45, 7) is 10.7. The Hall–Kier alpha value is -1.01. The molecule has 1 aliphatic rings. The van der Waals surface area contributed by atoms with Gasteiger partial charge in [-0.15, -0.1) is 0 Å². The van der Waals surface area contributed by atoms with E-state index in [1.807, 2.05) is 0 Å². The van der Waals surface area contributed by atoms with Crippen molar-refractivity contribution in [2.45, 2.75) is 33.2 Å². The zero-order valence-corrected chi connectivity index (χ0v) is 17.1. The highest BCUT2D eigenvalue weighted by atomic mass is 79.9. The molecule has 1 aromatic heterocycles. The molecule has 0 bridgehead atoms. The van der Waals surface area contributed by atoms with Crippen molar-refractivity contribution in [3.63, 3.8) is 0 Å². The Labute approximate surface area is 155 Å². The van der Waals surface area contributed by atoms with Crippen LogP contribution in [0.2, 0.25) is 0 Å². The van der Waals surface area contributed by atoms with E-state index >= 15 is 0 Å². The second kappa shape index (κ2) is 9.47. The Kier molecular flexibility index (Phi) is 7.62. The first-order valence-electron chi connectivity index (χ1n) is 9.06. The van der Waals surface area contributed by atoms with Crippen LogP contribution in [0, 0.1) is 5.92 Å². The van der Waals surface area contributed by atoms with E-state index in [0.717, 1.165) is 30.1 Å². The number of guanidine groups is 1. The van der Waals surface area contributed by atoms with Crippen LogP contribution in [0.25, 0.3) is 0 Å². The summed E-state index contributed by atoms with van der Waals surface area (Å²) >= 11 is 3.54. The van der Waals surface area contributed by atoms with Crippen LogP contribution in [-0.4, -0.2) is 60.1 Å². The molecule has 0 amide bonds. The van der Waals surface area contributed by atoms with Crippen LogP contribution in [0.3, 0.4) is 0 Å². The van der Waals surface area contributed by atoms with Gasteiger partial charge >= 0.3 is 0 Å². The van der Waals surface area contributed by atoms with Crippen molar-refractivity contribution in [2.75, 3.05) is 39.8 Å². The Balaban J connectivity index is 1.93. The molecule has 1 atom stereocenters. The van der Waals surface area contributed by atoms with Crippen LogP contribution in [0.5, 0.6) is 0 Å². The second-order valence-corrected chi connectivity index (χ2v) is 7.68. The van der Waals surface area contributed by atoms with Gasteiger partial charge in [0.05, 0.1) is 6.54 Å². The molecule has 1 aromatic rings. The molecule has 1 saturated heterocycles. The van der Waals surface area contributed by atoms with E-state index in [2.05, 4.69) is 75.8 Å². The number of aliphatic imine (C=N–C) groups is 1. The molecule has 6 heteroatoms. The first-order valence-corrected chi connectivity index (χ1v) is 9.85. The minimum absolute atomic E-state index is 0.697.